The normalized spacial score (nSPS) is 12.8. The summed E-state index contributed by atoms with van der Waals surface area (Å²) >= 11 is 0. The summed E-state index contributed by atoms with van der Waals surface area (Å²) in [6.07, 6.45) is 76.9. The van der Waals surface area contributed by atoms with Gasteiger partial charge in [-0.1, -0.05) is 253 Å². The highest BCUT2D eigenvalue weighted by Gasteiger charge is 2.19. The Bertz CT molecular complexity index is 1400. The van der Waals surface area contributed by atoms with Crippen LogP contribution in [0.25, 0.3) is 0 Å². The third kappa shape index (κ3) is 55.3. The Morgan fingerprint density at radius 1 is 0.300 bits per heavy atom. The molecule has 0 aromatic carbocycles. The van der Waals surface area contributed by atoms with E-state index in [1.165, 1.54) is 128 Å². The highest BCUT2D eigenvalue weighted by Crippen LogP contribution is 2.16. The molecule has 0 aliphatic heterocycles. The average molecular weight is 974 g/mol. The zero-order valence-corrected chi connectivity index (χ0v) is 45.8. The molecule has 0 saturated heterocycles. The number of ether oxygens (including phenoxy) is 3. The standard InChI is InChI=1S/C64H108O6/c1-4-7-10-13-16-19-22-25-28-31-32-34-36-39-42-45-48-51-54-57-63(66)69-60-61(59-68-62(65)56-53-50-47-44-41-38-35-30-27-24-21-18-15-12-9-6-3)70-64(67)58-55-52-49-46-43-40-37-33-29-26-23-20-17-14-11-8-5-2/h9,12,17-18,20-21,26-27,29-30,37-38,40-41,46,49,61H,4-8,10-11,13-16,19,22-25,28,31-36,39,42-45,47-48,50-60H2,1-3H3/b12-9-,20-17-,21-18-,29-26-,30-27-,40-37-,41-38-,49-46-. The van der Waals surface area contributed by atoms with Gasteiger partial charge in [-0.3, -0.25) is 14.4 Å². The number of carbonyl (C=O) groups excluding carboxylic acids is 3. The third-order valence-corrected chi connectivity index (χ3v) is 12.3. The van der Waals surface area contributed by atoms with Crippen LogP contribution in [-0.4, -0.2) is 37.2 Å². The molecular formula is C64H108O6. The first-order valence-electron chi connectivity index (χ1n) is 29.2. The maximum Gasteiger partial charge on any atom is 0.306 e. The van der Waals surface area contributed by atoms with Gasteiger partial charge in [0, 0.05) is 19.3 Å². The van der Waals surface area contributed by atoms with Gasteiger partial charge in [0.15, 0.2) is 6.10 Å². The Kier molecular flexibility index (Phi) is 54.9. The Balaban J connectivity index is 4.49. The summed E-state index contributed by atoms with van der Waals surface area (Å²) in [7, 11) is 0. The molecule has 0 bridgehead atoms. The zero-order chi connectivity index (χ0) is 50.7. The van der Waals surface area contributed by atoms with E-state index in [0.29, 0.717) is 19.3 Å². The molecule has 0 saturated carbocycles. The van der Waals surface area contributed by atoms with Gasteiger partial charge in [-0.2, -0.15) is 0 Å². The fourth-order valence-corrected chi connectivity index (χ4v) is 7.96. The van der Waals surface area contributed by atoms with Gasteiger partial charge in [-0.25, -0.2) is 0 Å². The van der Waals surface area contributed by atoms with Crippen molar-refractivity contribution in [2.75, 3.05) is 13.2 Å². The van der Waals surface area contributed by atoms with Crippen LogP contribution in [0.15, 0.2) is 97.2 Å². The van der Waals surface area contributed by atoms with Crippen LogP contribution in [0.3, 0.4) is 0 Å². The predicted molar refractivity (Wildman–Crippen MR) is 302 cm³/mol. The molecule has 1 unspecified atom stereocenters. The Morgan fingerprint density at radius 3 is 0.943 bits per heavy atom. The summed E-state index contributed by atoms with van der Waals surface area (Å²) in [5.41, 5.74) is 0. The molecule has 6 nitrogen and oxygen atoms in total. The van der Waals surface area contributed by atoms with Crippen LogP contribution >= 0.6 is 0 Å². The van der Waals surface area contributed by atoms with Crippen molar-refractivity contribution in [1.29, 1.82) is 0 Å². The van der Waals surface area contributed by atoms with E-state index < -0.39 is 6.10 Å². The molecule has 0 spiro atoms. The first kappa shape index (κ1) is 66.3. The lowest BCUT2D eigenvalue weighted by atomic mass is 10.0. The summed E-state index contributed by atoms with van der Waals surface area (Å²) in [6.45, 7) is 6.44. The topological polar surface area (TPSA) is 78.9 Å². The molecule has 0 N–H and O–H groups in total. The monoisotopic (exact) mass is 973 g/mol. The third-order valence-electron chi connectivity index (χ3n) is 12.3. The average Bonchev–Trinajstić information content (AvgIpc) is 3.36. The highest BCUT2D eigenvalue weighted by molar-refractivity contribution is 5.71. The second-order valence-corrected chi connectivity index (χ2v) is 19.2. The van der Waals surface area contributed by atoms with Crippen LogP contribution in [0.2, 0.25) is 0 Å². The van der Waals surface area contributed by atoms with Crippen molar-refractivity contribution >= 4 is 17.9 Å². The smallest absolute Gasteiger partial charge is 0.306 e. The van der Waals surface area contributed by atoms with Crippen molar-refractivity contribution in [3.63, 3.8) is 0 Å². The quantitative estimate of drug-likeness (QED) is 0.0262. The fourth-order valence-electron chi connectivity index (χ4n) is 7.96. The van der Waals surface area contributed by atoms with E-state index in [1.807, 2.05) is 0 Å². The second kappa shape index (κ2) is 57.9. The molecule has 1 atom stereocenters. The van der Waals surface area contributed by atoms with Gasteiger partial charge in [0.1, 0.15) is 13.2 Å². The lowest BCUT2D eigenvalue weighted by molar-refractivity contribution is -0.167. The minimum absolute atomic E-state index is 0.108. The van der Waals surface area contributed by atoms with E-state index in [0.717, 1.165) is 96.3 Å². The van der Waals surface area contributed by atoms with Crippen molar-refractivity contribution in [1.82, 2.24) is 0 Å². The minimum atomic E-state index is -0.819. The van der Waals surface area contributed by atoms with Crippen LogP contribution < -0.4 is 0 Å². The van der Waals surface area contributed by atoms with Gasteiger partial charge in [0.2, 0.25) is 0 Å². The van der Waals surface area contributed by atoms with E-state index in [-0.39, 0.29) is 37.5 Å². The summed E-state index contributed by atoms with van der Waals surface area (Å²) < 4.78 is 16.8. The molecule has 0 rings (SSSR count). The van der Waals surface area contributed by atoms with Crippen LogP contribution in [0.5, 0.6) is 0 Å². The number of unbranched alkanes of at least 4 members (excludes halogenated alkanes) is 25. The Labute approximate surface area is 432 Å². The van der Waals surface area contributed by atoms with E-state index in [1.54, 1.807) is 0 Å². The van der Waals surface area contributed by atoms with E-state index in [4.69, 9.17) is 14.2 Å². The number of carbonyl (C=O) groups is 3. The number of hydrogen-bond donors (Lipinski definition) is 0. The molecule has 0 aliphatic rings. The van der Waals surface area contributed by atoms with Gasteiger partial charge in [-0.15, -0.1) is 0 Å². The summed E-state index contributed by atoms with van der Waals surface area (Å²) in [5, 5.41) is 0. The maximum absolute atomic E-state index is 12.8. The number of rotatable bonds is 52. The number of allylic oxidation sites excluding steroid dienone is 16. The van der Waals surface area contributed by atoms with Gasteiger partial charge in [-0.05, 0) is 96.3 Å². The second-order valence-electron chi connectivity index (χ2n) is 19.2. The summed E-state index contributed by atoms with van der Waals surface area (Å²) in [5.74, 6) is -0.992. The molecule has 400 valence electrons. The van der Waals surface area contributed by atoms with E-state index in [9.17, 15) is 14.4 Å². The molecule has 0 aromatic rings. The first-order valence-corrected chi connectivity index (χ1v) is 29.2. The summed E-state index contributed by atoms with van der Waals surface area (Å²) in [4.78, 5) is 38.2. The van der Waals surface area contributed by atoms with Crippen molar-refractivity contribution in [2.45, 2.75) is 277 Å². The van der Waals surface area contributed by atoms with Gasteiger partial charge < -0.3 is 14.2 Å². The zero-order valence-electron chi connectivity index (χ0n) is 45.8. The Hall–Kier alpha value is -3.67. The van der Waals surface area contributed by atoms with Crippen LogP contribution in [0.4, 0.5) is 0 Å². The predicted octanol–water partition coefficient (Wildman–Crippen LogP) is 19.7. The molecule has 0 heterocycles. The van der Waals surface area contributed by atoms with Crippen molar-refractivity contribution in [3.05, 3.63) is 97.2 Å². The minimum Gasteiger partial charge on any atom is -0.462 e. The molecule has 0 radical (unpaired) electrons. The largest absolute Gasteiger partial charge is 0.462 e. The lowest BCUT2D eigenvalue weighted by Crippen LogP contribution is -2.30. The lowest BCUT2D eigenvalue weighted by Gasteiger charge is -2.18. The van der Waals surface area contributed by atoms with Crippen molar-refractivity contribution in [2.24, 2.45) is 0 Å². The van der Waals surface area contributed by atoms with Crippen molar-refractivity contribution in [3.8, 4) is 0 Å². The Morgan fingerprint density at radius 2 is 0.571 bits per heavy atom. The molecule has 0 amide bonds. The maximum atomic E-state index is 12.8. The summed E-state index contributed by atoms with van der Waals surface area (Å²) in [6, 6.07) is 0. The molecule has 70 heavy (non-hydrogen) atoms. The molecular weight excluding hydrogens is 865 g/mol. The van der Waals surface area contributed by atoms with Gasteiger partial charge in [0.05, 0.1) is 0 Å². The van der Waals surface area contributed by atoms with Crippen LogP contribution in [-0.2, 0) is 28.6 Å². The highest BCUT2D eigenvalue weighted by atomic mass is 16.6. The van der Waals surface area contributed by atoms with E-state index >= 15 is 0 Å². The van der Waals surface area contributed by atoms with Crippen LogP contribution in [0, 0.1) is 0 Å². The number of hydrogen-bond acceptors (Lipinski definition) is 6. The van der Waals surface area contributed by atoms with Crippen LogP contribution in [0.1, 0.15) is 271 Å². The van der Waals surface area contributed by atoms with Gasteiger partial charge in [0.25, 0.3) is 0 Å². The molecule has 0 aromatic heterocycles. The van der Waals surface area contributed by atoms with E-state index in [2.05, 4.69) is 118 Å². The molecule has 6 heteroatoms. The molecule has 0 fully saturated rings. The fraction of sp³-hybridized carbons (Fsp3) is 0.703. The number of esters is 3. The first-order chi connectivity index (χ1) is 34.5. The molecule has 0 aliphatic carbocycles. The van der Waals surface area contributed by atoms with Crippen molar-refractivity contribution < 1.29 is 28.6 Å². The van der Waals surface area contributed by atoms with Gasteiger partial charge >= 0.3 is 17.9 Å². The SMILES string of the molecule is CC/C=C\C/C=C\C/C=C\C/C=C\CCCCCC(=O)OCC(COC(=O)CCCCCCCCCCCCCCCCCCCCC)OC(=O)CCC/C=C\C/C=C\C/C=C\C/C=C\CCCCC.